The number of hydrogen-bond donors (Lipinski definition) is 0. The molecule has 0 aromatic heterocycles. The lowest BCUT2D eigenvalue weighted by Gasteiger charge is -2.33. The zero-order valence-electron chi connectivity index (χ0n) is 11.6. The molecule has 1 fully saturated rings. The van der Waals surface area contributed by atoms with E-state index in [9.17, 15) is 0 Å². The Morgan fingerprint density at radius 2 is 1.69 bits per heavy atom. The fourth-order valence-electron chi connectivity index (χ4n) is 1.97. The molecule has 1 aliphatic heterocycles. The Hall–Kier alpha value is -0.120. The first-order valence-corrected chi connectivity index (χ1v) is 6.67. The molecule has 0 atom stereocenters. The lowest BCUT2D eigenvalue weighted by atomic mass is 10.1. The molecule has 3 nitrogen and oxygen atoms in total. The molecule has 1 aliphatic rings. The molecule has 3 heteroatoms. The summed E-state index contributed by atoms with van der Waals surface area (Å²) in [6.07, 6.45) is 1.32. The molecule has 0 amide bonds. The van der Waals surface area contributed by atoms with Crippen LogP contribution in [0.5, 0.6) is 0 Å². The van der Waals surface area contributed by atoms with Crippen LogP contribution < -0.4 is 0 Å². The molecule has 0 saturated carbocycles. The van der Waals surface area contributed by atoms with Crippen molar-refractivity contribution in [2.45, 2.75) is 20.3 Å². The van der Waals surface area contributed by atoms with Crippen molar-refractivity contribution in [1.82, 2.24) is 14.7 Å². The van der Waals surface area contributed by atoms with Crippen molar-refractivity contribution in [3.63, 3.8) is 0 Å². The molecular weight excluding hydrogens is 198 g/mol. The zero-order chi connectivity index (χ0) is 12.0. The quantitative estimate of drug-likeness (QED) is 0.675. The van der Waals surface area contributed by atoms with Gasteiger partial charge in [-0.1, -0.05) is 13.8 Å². The Balaban J connectivity index is 2.05. The van der Waals surface area contributed by atoms with Crippen molar-refractivity contribution in [3.05, 3.63) is 0 Å². The third kappa shape index (κ3) is 5.83. The van der Waals surface area contributed by atoms with E-state index in [1.807, 2.05) is 0 Å². The van der Waals surface area contributed by atoms with Crippen molar-refractivity contribution in [3.8, 4) is 0 Å². The Labute approximate surface area is 101 Å². The van der Waals surface area contributed by atoms with E-state index in [1.165, 1.54) is 52.2 Å². The van der Waals surface area contributed by atoms with Gasteiger partial charge in [-0.15, -0.1) is 0 Å². The Morgan fingerprint density at radius 1 is 1.06 bits per heavy atom. The van der Waals surface area contributed by atoms with Crippen LogP contribution in [-0.2, 0) is 0 Å². The topological polar surface area (TPSA) is 9.72 Å². The minimum atomic E-state index is 0.825. The van der Waals surface area contributed by atoms with Crippen molar-refractivity contribution >= 4 is 0 Å². The summed E-state index contributed by atoms with van der Waals surface area (Å²) in [5.74, 6) is 0.825. The third-order valence-electron chi connectivity index (χ3n) is 3.48. The minimum absolute atomic E-state index is 0.825. The largest absolute Gasteiger partial charge is 0.305 e. The lowest BCUT2D eigenvalue weighted by Crippen LogP contribution is -2.46. The van der Waals surface area contributed by atoms with Gasteiger partial charge in [-0.05, 0) is 33.0 Å². The second kappa shape index (κ2) is 7.25. The van der Waals surface area contributed by atoms with E-state index in [1.54, 1.807) is 0 Å². The molecule has 0 N–H and O–H groups in total. The van der Waals surface area contributed by atoms with Gasteiger partial charge in [-0.25, -0.2) is 0 Å². The highest BCUT2D eigenvalue weighted by Gasteiger charge is 2.13. The number of likely N-dealkylation sites (N-methyl/N-ethyl adjacent to an activating group) is 2. The normalized spacial score (nSPS) is 19.9. The number of rotatable bonds is 6. The Kier molecular flexibility index (Phi) is 6.32. The van der Waals surface area contributed by atoms with Gasteiger partial charge in [0, 0.05) is 39.3 Å². The van der Waals surface area contributed by atoms with Gasteiger partial charge in [0.2, 0.25) is 0 Å². The van der Waals surface area contributed by atoms with Crippen LogP contribution in [0, 0.1) is 5.92 Å². The van der Waals surface area contributed by atoms with Crippen LogP contribution in [0.1, 0.15) is 20.3 Å². The zero-order valence-corrected chi connectivity index (χ0v) is 11.6. The summed E-state index contributed by atoms with van der Waals surface area (Å²) in [6, 6.07) is 0. The average molecular weight is 227 g/mol. The van der Waals surface area contributed by atoms with Gasteiger partial charge >= 0.3 is 0 Å². The van der Waals surface area contributed by atoms with Crippen LogP contribution in [-0.4, -0.2) is 74.6 Å². The van der Waals surface area contributed by atoms with Gasteiger partial charge in [-0.2, -0.15) is 0 Å². The van der Waals surface area contributed by atoms with Gasteiger partial charge < -0.3 is 9.80 Å². The number of nitrogens with zero attached hydrogens (tertiary/aromatic N) is 3. The second-order valence-corrected chi connectivity index (χ2v) is 5.63. The summed E-state index contributed by atoms with van der Waals surface area (Å²) < 4.78 is 0. The second-order valence-electron chi connectivity index (χ2n) is 5.63. The van der Waals surface area contributed by atoms with Crippen LogP contribution in [0.2, 0.25) is 0 Å². The molecule has 0 radical (unpaired) electrons. The number of hydrogen-bond acceptors (Lipinski definition) is 3. The molecule has 1 rings (SSSR count). The first-order valence-electron chi connectivity index (χ1n) is 6.67. The summed E-state index contributed by atoms with van der Waals surface area (Å²) in [4.78, 5) is 7.48. The van der Waals surface area contributed by atoms with E-state index < -0.39 is 0 Å². The minimum Gasteiger partial charge on any atom is -0.305 e. The smallest absolute Gasteiger partial charge is 0.0110 e. The van der Waals surface area contributed by atoms with Crippen LogP contribution in [0.25, 0.3) is 0 Å². The van der Waals surface area contributed by atoms with Crippen LogP contribution in [0.4, 0.5) is 0 Å². The van der Waals surface area contributed by atoms with Gasteiger partial charge in [0.1, 0.15) is 0 Å². The molecule has 0 unspecified atom stereocenters. The summed E-state index contributed by atoms with van der Waals surface area (Å²) in [5, 5.41) is 0. The van der Waals surface area contributed by atoms with E-state index in [0.717, 1.165) is 5.92 Å². The van der Waals surface area contributed by atoms with Crippen LogP contribution >= 0.6 is 0 Å². The lowest BCUT2D eigenvalue weighted by molar-refractivity contribution is 0.140. The standard InChI is InChI=1S/C13H29N3/c1-13(2)5-6-14(3)7-10-16-11-8-15(4)9-12-16/h13H,5-12H2,1-4H3. The first kappa shape index (κ1) is 13.9. The summed E-state index contributed by atoms with van der Waals surface area (Å²) in [6.45, 7) is 13.3. The van der Waals surface area contributed by atoms with Crippen molar-refractivity contribution < 1.29 is 0 Å². The molecule has 0 aliphatic carbocycles. The fourth-order valence-corrected chi connectivity index (χ4v) is 1.97. The van der Waals surface area contributed by atoms with Crippen molar-refractivity contribution in [1.29, 1.82) is 0 Å². The molecular formula is C13H29N3. The Bertz CT molecular complexity index is 174. The predicted octanol–water partition coefficient (Wildman–Crippen LogP) is 1.21. The van der Waals surface area contributed by atoms with E-state index in [0.29, 0.717) is 0 Å². The molecule has 0 bridgehead atoms. The molecule has 96 valence electrons. The summed E-state index contributed by atoms with van der Waals surface area (Å²) in [7, 11) is 4.46. The molecule has 0 aromatic carbocycles. The maximum absolute atomic E-state index is 2.59. The molecule has 1 saturated heterocycles. The molecule has 0 aromatic rings. The highest BCUT2D eigenvalue weighted by Crippen LogP contribution is 2.02. The summed E-state index contributed by atoms with van der Waals surface area (Å²) in [5.41, 5.74) is 0. The Morgan fingerprint density at radius 3 is 2.25 bits per heavy atom. The van der Waals surface area contributed by atoms with Gasteiger partial charge in [0.05, 0.1) is 0 Å². The van der Waals surface area contributed by atoms with E-state index in [4.69, 9.17) is 0 Å². The van der Waals surface area contributed by atoms with Crippen LogP contribution in [0.15, 0.2) is 0 Å². The SMILES string of the molecule is CC(C)CCN(C)CCN1CCN(C)CC1. The third-order valence-corrected chi connectivity index (χ3v) is 3.48. The molecule has 1 heterocycles. The molecule has 0 spiro atoms. The van der Waals surface area contributed by atoms with E-state index >= 15 is 0 Å². The van der Waals surface area contributed by atoms with Crippen molar-refractivity contribution in [2.75, 3.05) is 59.9 Å². The van der Waals surface area contributed by atoms with Gasteiger partial charge in [0.25, 0.3) is 0 Å². The van der Waals surface area contributed by atoms with E-state index in [2.05, 4.69) is 42.6 Å². The fraction of sp³-hybridized carbons (Fsp3) is 1.00. The summed E-state index contributed by atoms with van der Waals surface area (Å²) >= 11 is 0. The highest BCUT2D eigenvalue weighted by atomic mass is 15.3. The average Bonchev–Trinajstić information content (AvgIpc) is 2.25. The monoisotopic (exact) mass is 227 g/mol. The van der Waals surface area contributed by atoms with Crippen molar-refractivity contribution in [2.24, 2.45) is 5.92 Å². The molecule has 16 heavy (non-hydrogen) atoms. The van der Waals surface area contributed by atoms with E-state index in [-0.39, 0.29) is 0 Å². The highest BCUT2D eigenvalue weighted by molar-refractivity contribution is 4.70. The maximum Gasteiger partial charge on any atom is 0.0110 e. The van der Waals surface area contributed by atoms with Gasteiger partial charge in [0.15, 0.2) is 0 Å². The first-order chi connectivity index (χ1) is 7.58. The van der Waals surface area contributed by atoms with Gasteiger partial charge in [-0.3, -0.25) is 4.90 Å². The van der Waals surface area contributed by atoms with Crippen LogP contribution in [0.3, 0.4) is 0 Å². The maximum atomic E-state index is 2.59. The predicted molar refractivity (Wildman–Crippen MR) is 70.9 cm³/mol. The number of piperazine rings is 1.